The Morgan fingerprint density at radius 3 is 2.02 bits per heavy atom. The van der Waals surface area contributed by atoms with Crippen LogP contribution in [0, 0.1) is 0 Å². The van der Waals surface area contributed by atoms with E-state index in [-0.39, 0.29) is 0 Å². The SMILES string of the molecule is CC/C=C\C=C(/C)c1ccc2c(c1)c1ccccc1n2-c1ccc2oc3c(-n4c5ccccc5c5cc(-c6ccccc6)ccc54)cccc3c2c1. The molecule has 0 atom stereocenters. The van der Waals surface area contributed by atoms with Crippen LogP contribution >= 0.6 is 0 Å². The molecule has 3 nitrogen and oxygen atoms in total. The Morgan fingerprint density at radius 2 is 1.21 bits per heavy atom. The number of allylic oxidation sites excluding steroid dienone is 4. The fourth-order valence-electron chi connectivity index (χ4n) is 8.07. The van der Waals surface area contributed by atoms with Crippen molar-refractivity contribution < 1.29 is 4.42 Å². The van der Waals surface area contributed by atoms with E-state index in [0.29, 0.717) is 0 Å². The highest BCUT2D eigenvalue weighted by Crippen LogP contribution is 2.41. The Kier molecular flexibility index (Phi) is 7.00. The van der Waals surface area contributed by atoms with E-state index in [9.17, 15) is 0 Å². The maximum Gasteiger partial charge on any atom is 0.159 e. The Morgan fingerprint density at radius 1 is 0.538 bits per heavy atom. The van der Waals surface area contributed by atoms with Gasteiger partial charge in [0.2, 0.25) is 0 Å². The van der Waals surface area contributed by atoms with Gasteiger partial charge in [0.15, 0.2) is 5.58 Å². The molecule has 0 spiro atoms. The average molecular weight is 669 g/mol. The summed E-state index contributed by atoms with van der Waals surface area (Å²) < 4.78 is 11.5. The van der Waals surface area contributed by atoms with Crippen molar-refractivity contribution in [3.63, 3.8) is 0 Å². The van der Waals surface area contributed by atoms with Gasteiger partial charge in [-0.05, 0) is 96.3 Å². The topological polar surface area (TPSA) is 23.0 Å². The Balaban J connectivity index is 1.16. The summed E-state index contributed by atoms with van der Waals surface area (Å²) in [6.45, 7) is 4.35. The Bertz CT molecular complexity index is 3060. The van der Waals surface area contributed by atoms with Gasteiger partial charge in [-0.1, -0.05) is 116 Å². The largest absolute Gasteiger partial charge is 0.454 e. The normalized spacial score (nSPS) is 12.5. The van der Waals surface area contributed by atoms with Crippen molar-refractivity contribution in [2.45, 2.75) is 20.3 Å². The fourth-order valence-corrected chi connectivity index (χ4v) is 8.07. The summed E-state index contributed by atoms with van der Waals surface area (Å²) in [5, 5.41) is 7.16. The van der Waals surface area contributed by atoms with Crippen LogP contribution in [-0.4, -0.2) is 9.13 Å². The molecule has 0 N–H and O–H groups in total. The standard InChI is InChI=1S/C49H36N2O/c1-3-4-6-14-32(2)34-23-26-45-40(29-34)37-17-9-11-20-43(37)50(45)36-25-28-48-42(31-36)39-19-13-22-47(49(39)52-48)51-44-21-12-10-18-38(44)41-30-35(24-27-46(41)51)33-15-7-5-8-16-33/h4-31H,3H2,1-2H3/b6-4-,32-14+. The molecule has 10 rings (SSSR count). The molecular weight excluding hydrogens is 633 g/mol. The number of rotatable bonds is 6. The summed E-state index contributed by atoms with van der Waals surface area (Å²) in [6.07, 6.45) is 7.58. The van der Waals surface area contributed by atoms with E-state index >= 15 is 0 Å². The van der Waals surface area contributed by atoms with Crippen LogP contribution < -0.4 is 0 Å². The average Bonchev–Trinajstić information content (AvgIpc) is 3.85. The molecule has 7 aromatic carbocycles. The first-order valence-electron chi connectivity index (χ1n) is 18.1. The van der Waals surface area contributed by atoms with Gasteiger partial charge in [0.05, 0.1) is 27.8 Å². The number of nitrogens with zero attached hydrogens (tertiary/aromatic N) is 2. The van der Waals surface area contributed by atoms with E-state index in [1.54, 1.807) is 0 Å². The van der Waals surface area contributed by atoms with E-state index in [1.807, 2.05) is 0 Å². The number of fused-ring (bicyclic) bond motifs is 9. The molecule has 0 radical (unpaired) electrons. The summed E-state index contributed by atoms with van der Waals surface area (Å²) in [6, 6.07) is 54.8. The molecule has 3 heterocycles. The Labute approximate surface area is 302 Å². The summed E-state index contributed by atoms with van der Waals surface area (Å²) in [4.78, 5) is 0. The van der Waals surface area contributed by atoms with Crippen LogP contribution in [0.25, 0.3) is 93.6 Å². The second-order valence-electron chi connectivity index (χ2n) is 13.7. The highest BCUT2D eigenvalue weighted by atomic mass is 16.3. The Hall–Kier alpha value is -6.58. The zero-order chi connectivity index (χ0) is 34.8. The lowest BCUT2D eigenvalue weighted by Gasteiger charge is -2.09. The zero-order valence-electron chi connectivity index (χ0n) is 29.2. The van der Waals surface area contributed by atoms with Crippen molar-refractivity contribution in [2.24, 2.45) is 0 Å². The predicted octanol–water partition coefficient (Wildman–Crippen LogP) is 13.8. The molecule has 0 aliphatic heterocycles. The van der Waals surface area contributed by atoms with Crippen molar-refractivity contribution in [3.8, 4) is 22.5 Å². The molecule has 52 heavy (non-hydrogen) atoms. The van der Waals surface area contributed by atoms with Gasteiger partial charge in [-0.25, -0.2) is 0 Å². The van der Waals surface area contributed by atoms with Gasteiger partial charge in [-0.2, -0.15) is 0 Å². The monoisotopic (exact) mass is 668 g/mol. The van der Waals surface area contributed by atoms with E-state index < -0.39 is 0 Å². The lowest BCUT2D eigenvalue weighted by Crippen LogP contribution is -1.94. The van der Waals surface area contributed by atoms with E-state index in [1.165, 1.54) is 54.8 Å². The molecule has 248 valence electrons. The molecule has 0 bridgehead atoms. The maximum atomic E-state index is 6.79. The third-order valence-corrected chi connectivity index (χ3v) is 10.6. The molecule has 10 aromatic rings. The van der Waals surface area contributed by atoms with Crippen molar-refractivity contribution in [2.75, 3.05) is 0 Å². The molecule has 0 fully saturated rings. The highest BCUT2D eigenvalue weighted by molar-refractivity contribution is 6.14. The second kappa shape index (κ2) is 12.0. The number of furan rings is 1. The minimum atomic E-state index is 0.877. The molecule has 3 aromatic heterocycles. The van der Waals surface area contributed by atoms with Gasteiger partial charge in [0.1, 0.15) is 5.58 Å². The smallest absolute Gasteiger partial charge is 0.159 e. The van der Waals surface area contributed by atoms with Crippen molar-refractivity contribution in [1.82, 2.24) is 9.13 Å². The van der Waals surface area contributed by atoms with Gasteiger partial charge in [-0.3, -0.25) is 0 Å². The second-order valence-corrected chi connectivity index (χ2v) is 13.7. The van der Waals surface area contributed by atoms with Crippen LogP contribution in [0.5, 0.6) is 0 Å². The lowest BCUT2D eigenvalue weighted by atomic mass is 10.0. The first-order valence-corrected chi connectivity index (χ1v) is 18.1. The van der Waals surface area contributed by atoms with Gasteiger partial charge >= 0.3 is 0 Å². The minimum absolute atomic E-state index is 0.877. The van der Waals surface area contributed by atoms with E-state index in [4.69, 9.17) is 4.42 Å². The molecule has 0 saturated carbocycles. The van der Waals surface area contributed by atoms with Crippen molar-refractivity contribution in [3.05, 3.63) is 175 Å². The van der Waals surface area contributed by atoms with Crippen molar-refractivity contribution >= 4 is 71.1 Å². The molecular formula is C49H36N2O. The summed E-state index contributed by atoms with van der Waals surface area (Å²) in [5.41, 5.74) is 13.5. The lowest BCUT2D eigenvalue weighted by molar-refractivity contribution is 0.666. The van der Waals surface area contributed by atoms with Crippen LogP contribution in [0.15, 0.2) is 174 Å². The minimum Gasteiger partial charge on any atom is -0.454 e. The van der Waals surface area contributed by atoms with Crippen molar-refractivity contribution in [1.29, 1.82) is 0 Å². The molecule has 0 amide bonds. The summed E-state index contributed by atoms with van der Waals surface area (Å²) >= 11 is 0. The highest BCUT2D eigenvalue weighted by Gasteiger charge is 2.19. The summed E-state index contributed by atoms with van der Waals surface area (Å²) in [5.74, 6) is 0. The molecule has 0 aliphatic rings. The number of para-hydroxylation sites is 3. The van der Waals surface area contributed by atoms with Gasteiger partial charge < -0.3 is 13.6 Å². The quantitative estimate of drug-likeness (QED) is 0.162. The summed E-state index contributed by atoms with van der Waals surface area (Å²) in [7, 11) is 0. The third kappa shape index (κ3) is 4.66. The number of hydrogen-bond acceptors (Lipinski definition) is 1. The number of aromatic nitrogens is 2. The fraction of sp³-hybridized carbons (Fsp3) is 0.0612. The van der Waals surface area contributed by atoms with Gasteiger partial charge in [0.25, 0.3) is 0 Å². The molecule has 0 saturated heterocycles. The van der Waals surface area contributed by atoms with Crippen LogP contribution in [0.2, 0.25) is 0 Å². The molecule has 0 unspecified atom stereocenters. The number of benzene rings is 7. The number of hydrogen-bond donors (Lipinski definition) is 0. The first kappa shape index (κ1) is 30.3. The van der Waals surface area contributed by atoms with Crippen LogP contribution in [0.4, 0.5) is 0 Å². The van der Waals surface area contributed by atoms with Gasteiger partial charge in [-0.15, -0.1) is 0 Å². The molecule has 3 heteroatoms. The van der Waals surface area contributed by atoms with Crippen LogP contribution in [0.1, 0.15) is 25.8 Å². The van der Waals surface area contributed by atoms with E-state index in [2.05, 4.69) is 193 Å². The van der Waals surface area contributed by atoms with Crippen LogP contribution in [0.3, 0.4) is 0 Å². The first-order chi connectivity index (χ1) is 25.7. The third-order valence-electron chi connectivity index (χ3n) is 10.6. The van der Waals surface area contributed by atoms with Gasteiger partial charge in [0, 0.05) is 38.0 Å². The maximum absolute atomic E-state index is 6.79. The van der Waals surface area contributed by atoms with E-state index in [0.717, 1.165) is 50.8 Å². The zero-order valence-corrected chi connectivity index (χ0v) is 29.2. The predicted molar refractivity (Wildman–Crippen MR) is 221 cm³/mol. The van der Waals surface area contributed by atoms with Crippen LogP contribution in [-0.2, 0) is 0 Å². The molecule has 0 aliphatic carbocycles.